The van der Waals surface area contributed by atoms with Gasteiger partial charge in [-0.15, -0.1) is 11.3 Å². The van der Waals surface area contributed by atoms with Crippen LogP contribution in [0.3, 0.4) is 0 Å². The molecule has 0 fully saturated rings. The second-order valence-electron chi connectivity index (χ2n) is 5.54. The molecule has 1 amide bonds. The van der Waals surface area contributed by atoms with Crippen molar-refractivity contribution in [3.05, 3.63) is 58.0 Å². The van der Waals surface area contributed by atoms with Crippen molar-refractivity contribution in [3.8, 4) is 0 Å². The van der Waals surface area contributed by atoms with Gasteiger partial charge in [-0.05, 0) is 29.1 Å². The topological polar surface area (TPSA) is 41.9 Å². The molecule has 2 heterocycles. The number of hydrogen-bond acceptors (Lipinski definition) is 4. The number of carbonyl (C=O) groups is 1. The molecule has 0 N–H and O–H groups in total. The maximum absolute atomic E-state index is 13.2. The van der Waals surface area contributed by atoms with Gasteiger partial charge in [0.1, 0.15) is 5.82 Å². The Kier molecular flexibility index (Phi) is 4.71. The molecule has 0 bridgehead atoms. The van der Waals surface area contributed by atoms with Gasteiger partial charge in [-0.3, -0.25) is 4.79 Å². The van der Waals surface area contributed by atoms with Crippen molar-refractivity contribution < 1.29 is 14.0 Å². The van der Waals surface area contributed by atoms with E-state index in [2.05, 4.69) is 5.16 Å². The number of amides is 1. The van der Waals surface area contributed by atoms with Gasteiger partial charge in [0.2, 0.25) is 6.10 Å². The van der Waals surface area contributed by atoms with Crippen molar-refractivity contribution >= 4 is 23.0 Å². The summed E-state index contributed by atoms with van der Waals surface area (Å²) in [6.45, 7) is 0.565. The average molecular weight is 332 g/mol. The normalized spacial score (nSPS) is 16.8. The van der Waals surface area contributed by atoms with E-state index in [1.165, 1.54) is 12.1 Å². The van der Waals surface area contributed by atoms with Crippen molar-refractivity contribution in [2.24, 2.45) is 5.16 Å². The van der Waals surface area contributed by atoms with Gasteiger partial charge >= 0.3 is 0 Å². The van der Waals surface area contributed by atoms with E-state index in [1.54, 1.807) is 29.4 Å². The molecule has 120 valence electrons. The van der Waals surface area contributed by atoms with Crippen LogP contribution in [0.1, 0.15) is 16.9 Å². The molecule has 0 spiro atoms. The maximum Gasteiger partial charge on any atom is 0.266 e. The predicted molar refractivity (Wildman–Crippen MR) is 87.8 cm³/mol. The second kappa shape index (κ2) is 6.91. The third-order valence-electron chi connectivity index (χ3n) is 3.65. The smallest absolute Gasteiger partial charge is 0.266 e. The number of nitrogens with zero attached hydrogens (tertiary/aromatic N) is 2. The lowest BCUT2D eigenvalue weighted by molar-refractivity contribution is -0.141. The Morgan fingerprint density at radius 1 is 1.43 bits per heavy atom. The summed E-state index contributed by atoms with van der Waals surface area (Å²) in [7, 11) is 1.76. The molecule has 0 aliphatic carbocycles. The number of rotatable bonds is 5. The lowest BCUT2D eigenvalue weighted by atomic mass is 10.0. The number of thiophene rings is 1. The molecule has 1 aliphatic heterocycles. The van der Waals surface area contributed by atoms with E-state index in [9.17, 15) is 9.18 Å². The monoisotopic (exact) mass is 332 g/mol. The van der Waals surface area contributed by atoms with Gasteiger partial charge in [0.15, 0.2) is 0 Å². The molecule has 2 aromatic rings. The molecule has 1 atom stereocenters. The Morgan fingerprint density at radius 2 is 2.30 bits per heavy atom. The summed E-state index contributed by atoms with van der Waals surface area (Å²) in [5, 5.41) is 5.98. The first-order valence-corrected chi connectivity index (χ1v) is 8.23. The van der Waals surface area contributed by atoms with E-state index in [0.717, 1.165) is 16.2 Å². The number of oxime groups is 1. The lowest BCUT2D eigenvalue weighted by Crippen LogP contribution is -2.36. The Morgan fingerprint density at radius 3 is 3.04 bits per heavy atom. The van der Waals surface area contributed by atoms with Crippen LogP contribution in [0.25, 0.3) is 0 Å². The fourth-order valence-electron chi connectivity index (χ4n) is 2.51. The van der Waals surface area contributed by atoms with E-state index in [1.807, 2.05) is 23.6 Å². The Bertz CT molecular complexity index is 715. The fourth-order valence-corrected chi connectivity index (χ4v) is 3.26. The molecule has 0 saturated carbocycles. The number of halogens is 1. The molecular formula is C17H17FN2O2S. The first-order valence-electron chi connectivity index (χ1n) is 7.35. The van der Waals surface area contributed by atoms with Crippen LogP contribution in [-0.4, -0.2) is 29.7 Å². The minimum Gasteiger partial charge on any atom is -0.382 e. The number of benzene rings is 1. The molecule has 1 aromatic heterocycles. The minimum absolute atomic E-state index is 0.0867. The van der Waals surface area contributed by atoms with Crippen molar-refractivity contribution in [2.75, 3.05) is 7.05 Å². The van der Waals surface area contributed by atoms with Crippen LogP contribution < -0.4 is 0 Å². The van der Waals surface area contributed by atoms with Crippen LogP contribution in [0, 0.1) is 5.82 Å². The lowest BCUT2D eigenvalue weighted by Gasteiger charge is -2.19. The van der Waals surface area contributed by atoms with Crippen LogP contribution in [0.2, 0.25) is 0 Å². The SMILES string of the molecule is CN(Cc1cccs1)C(=O)[C@@H]1CC(Cc2cccc(F)c2)=NO1. The van der Waals surface area contributed by atoms with Gasteiger partial charge < -0.3 is 9.74 Å². The summed E-state index contributed by atoms with van der Waals surface area (Å²) in [6, 6.07) is 10.3. The molecule has 1 aromatic carbocycles. The zero-order valence-electron chi connectivity index (χ0n) is 12.7. The minimum atomic E-state index is -0.580. The highest BCUT2D eigenvalue weighted by molar-refractivity contribution is 7.09. The van der Waals surface area contributed by atoms with Gasteiger partial charge in [-0.1, -0.05) is 23.4 Å². The summed E-state index contributed by atoms with van der Waals surface area (Å²) in [4.78, 5) is 20.4. The maximum atomic E-state index is 13.2. The van der Waals surface area contributed by atoms with E-state index in [0.29, 0.717) is 19.4 Å². The van der Waals surface area contributed by atoms with Crippen LogP contribution in [-0.2, 0) is 22.6 Å². The van der Waals surface area contributed by atoms with Gasteiger partial charge in [-0.2, -0.15) is 0 Å². The van der Waals surface area contributed by atoms with Crippen molar-refractivity contribution in [1.82, 2.24) is 4.90 Å². The molecule has 23 heavy (non-hydrogen) atoms. The molecule has 4 nitrogen and oxygen atoms in total. The molecule has 6 heteroatoms. The van der Waals surface area contributed by atoms with Crippen LogP contribution >= 0.6 is 11.3 Å². The number of hydrogen-bond donors (Lipinski definition) is 0. The molecule has 0 saturated heterocycles. The van der Waals surface area contributed by atoms with E-state index in [-0.39, 0.29) is 11.7 Å². The van der Waals surface area contributed by atoms with E-state index < -0.39 is 6.10 Å². The summed E-state index contributed by atoms with van der Waals surface area (Å²) in [5.74, 6) is -0.360. The summed E-state index contributed by atoms with van der Waals surface area (Å²) in [6.07, 6.45) is 0.365. The quantitative estimate of drug-likeness (QED) is 0.843. The Hall–Kier alpha value is -2.21. The number of carbonyl (C=O) groups excluding carboxylic acids is 1. The molecule has 1 aliphatic rings. The van der Waals surface area contributed by atoms with Crippen molar-refractivity contribution in [3.63, 3.8) is 0 Å². The zero-order chi connectivity index (χ0) is 16.2. The van der Waals surface area contributed by atoms with Gasteiger partial charge in [0, 0.05) is 24.8 Å². The van der Waals surface area contributed by atoms with Crippen LogP contribution in [0.4, 0.5) is 4.39 Å². The fraction of sp³-hybridized carbons (Fsp3) is 0.294. The summed E-state index contributed by atoms with van der Waals surface area (Å²) in [5.41, 5.74) is 1.59. The van der Waals surface area contributed by atoms with Crippen LogP contribution in [0.5, 0.6) is 0 Å². The van der Waals surface area contributed by atoms with Gasteiger partial charge in [0.25, 0.3) is 5.91 Å². The standard InChI is InChI=1S/C17H17FN2O2S/c1-20(11-15-6-3-7-23-15)17(21)16-10-14(19-22-16)9-12-4-2-5-13(18)8-12/h2-8,16H,9-11H2,1H3/t16-/m0/s1. The first kappa shape index (κ1) is 15.7. The largest absolute Gasteiger partial charge is 0.382 e. The predicted octanol–water partition coefficient (Wildman–Crippen LogP) is 3.23. The summed E-state index contributed by atoms with van der Waals surface area (Å²) < 4.78 is 13.2. The van der Waals surface area contributed by atoms with Crippen LogP contribution in [0.15, 0.2) is 46.9 Å². The second-order valence-corrected chi connectivity index (χ2v) is 6.57. The summed E-state index contributed by atoms with van der Waals surface area (Å²) >= 11 is 1.62. The highest BCUT2D eigenvalue weighted by atomic mass is 32.1. The Balaban J connectivity index is 1.54. The van der Waals surface area contributed by atoms with E-state index in [4.69, 9.17) is 4.84 Å². The third kappa shape index (κ3) is 3.96. The molecule has 0 unspecified atom stereocenters. The average Bonchev–Trinajstić information content (AvgIpc) is 3.18. The van der Waals surface area contributed by atoms with E-state index >= 15 is 0 Å². The molecule has 0 radical (unpaired) electrons. The van der Waals surface area contributed by atoms with Gasteiger partial charge in [-0.25, -0.2) is 4.39 Å². The zero-order valence-corrected chi connectivity index (χ0v) is 13.6. The van der Waals surface area contributed by atoms with Crippen molar-refractivity contribution in [1.29, 1.82) is 0 Å². The Labute approximate surface area is 138 Å². The first-order chi connectivity index (χ1) is 11.1. The number of likely N-dealkylation sites (N-methyl/N-ethyl adjacent to an activating group) is 1. The third-order valence-corrected chi connectivity index (χ3v) is 4.51. The highest BCUT2D eigenvalue weighted by Crippen LogP contribution is 2.18. The molecule has 3 rings (SSSR count). The van der Waals surface area contributed by atoms with Crippen molar-refractivity contribution in [2.45, 2.75) is 25.5 Å². The van der Waals surface area contributed by atoms with Gasteiger partial charge in [0.05, 0.1) is 12.3 Å². The highest BCUT2D eigenvalue weighted by Gasteiger charge is 2.30. The molecular weight excluding hydrogens is 315 g/mol.